The van der Waals surface area contributed by atoms with Gasteiger partial charge in [-0.05, 0) is 61.0 Å². The predicted molar refractivity (Wildman–Crippen MR) is 137 cm³/mol. The number of halogens is 4. The molecule has 0 aliphatic carbocycles. The summed E-state index contributed by atoms with van der Waals surface area (Å²) in [5.41, 5.74) is 0.331. The number of anilines is 2. The molecule has 2 amide bonds. The first-order valence-corrected chi connectivity index (χ1v) is 11.3. The zero-order chi connectivity index (χ0) is 27.9. The van der Waals surface area contributed by atoms with Crippen molar-refractivity contribution in [1.82, 2.24) is 0 Å². The summed E-state index contributed by atoms with van der Waals surface area (Å²) in [7, 11) is 1.37. The van der Waals surface area contributed by atoms with Crippen LogP contribution in [0.5, 0.6) is 11.5 Å². The molecule has 196 valence electrons. The SMILES string of the molecule is COc1cc(C=C(C#N)C(=O)Nc2cc(C(F)(F)F)ccc2Cl)ccc1OCC(=O)Nc1ccc(C)cc1. The third-order valence-electron chi connectivity index (χ3n) is 5.10. The van der Waals surface area contributed by atoms with Gasteiger partial charge in [-0.15, -0.1) is 0 Å². The summed E-state index contributed by atoms with van der Waals surface area (Å²) >= 11 is 5.92. The number of ether oxygens (including phenoxy) is 2. The van der Waals surface area contributed by atoms with E-state index in [1.807, 2.05) is 19.1 Å². The quantitative estimate of drug-likeness (QED) is 0.259. The summed E-state index contributed by atoms with van der Waals surface area (Å²) in [4.78, 5) is 24.8. The van der Waals surface area contributed by atoms with Gasteiger partial charge in [-0.25, -0.2) is 0 Å². The van der Waals surface area contributed by atoms with Crippen LogP contribution < -0.4 is 20.1 Å². The van der Waals surface area contributed by atoms with Crippen LogP contribution in [0.2, 0.25) is 5.02 Å². The van der Waals surface area contributed by atoms with E-state index in [0.717, 1.165) is 17.7 Å². The van der Waals surface area contributed by atoms with E-state index in [1.165, 1.54) is 31.4 Å². The lowest BCUT2D eigenvalue weighted by molar-refractivity contribution is -0.137. The molecular formula is C27H21ClF3N3O4. The number of benzene rings is 3. The maximum Gasteiger partial charge on any atom is 0.416 e. The molecule has 38 heavy (non-hydrogen) atoms. The molecule has 11 heteroatoms. The summed E-state index contributed by atoms with van der Waals surface area (Å²) in [5, 5.41) is 14.3. The van der Waals surface area contributed by atoms with E-state index < -0.39 is 29.1 Å². The maximum atomic E-state index is 13.0. The molecule has 3 aromatic rings. The van der Waals surface area contributed by atoms with E-state index in [2.05, 4.69) is 10.6 Å². The highest BCUT2D eigenvalue weighted by atomic mass is 35.5. The number of aryl methyl sites for hydroxylation is 1. The molecule has 2 N–H and O–H groups in total. The number of nitriles is 1. The van der Waals surface area contributed by atoms with Crippen molar-refractivity contribution < 1.29 is 32.2 Å². The average molecular weight is 544 g/mol. The fourth-order valence-electron chi connectivity index (χ4n) is 3.17. The number of hydrogen-bond donors (Lipinski definition) is 2. The molecule has 0 spiro atoms. The van der Waals surface area contributed by atoms with Crippen LogP contribution in [-0.2, 0) is 15.8 Å². The van der Waals surface area contributed by atoms with Gasteiger partial charge in [0.05, 0.1) is 23.4 Å². The first-order valence-electron chi connectivity index (χ1n) is 11.0. The number of methoxy groups -OCH3 is 1. The van der Waals surface area contributed by atoms with Gasteiger partial charge in [0.25, 0.3) is 11.8 Å². The van der Waals surface area contributed by atoms with Gasteiger partial charge in [0.2, 0.25) is 0 Å². The van der Waals surface area contributed by atoms with Gasteiger partial charge < -0.3 is 20.1 Å². The van der Waals surface area contributed by atoms with Crippen molar-refractivity contribution >= 4 is 40.9 Å². The molecule has 0 saturated carbocycles. The van der Waals surface area contributed by atoms with Gasteiger partial charge in [-0.3, -0.25) is 9.59 Å². The monoisotopic (exact) mass is 543 g/mol. The Morgan fingerprint density at radius 2 is 1.74 bits per heavy atom. The Morgan fingerprint density at radius 3 is 2.37 bits per heavy atom. The van der Waals surface area contributed by atoms with Crippen LogP contribution in [0.4, 0.5) is 24.5 Å². The molecule has 0 fully saturated rings. The Balaban J connectivity index is 1.71. The van der Waals surface area contributed by atoms with Crippen molar-refractivity contribution in [1.29, 1.82) is 5.26 Å². The molecule has 3 aromatic carbocycles. The number of nitrogens with one attached hydrogen (secondary N) is 2. The van der Waals surface area contributed by atoms with Crippen LogP contribution >= 0.6 is 11.6 Å². The first-order chi connectivity index (χ1) is 18.0. The van der Waals surface area contributed by atoms with Crippen molar-refractivity contribution in [3.05, 3.63) is 87.9 Å². The Morgan fingerprint density at radius 1 is 1.03 bits per heavy atom. The second-order valence-electron chi connectivity index (χ2n) is 7.93. The summed E-state index contributed by atoms with van der Waals surface area (Å²) in [6.45, 7) is 1.63. The van der Waals surface area contributed by atoms with Gasteiger partial charge in [-0.2, -0.15) is 18.4 Å². The third kappa shape index (κ3) is 7.51. The zero-order valence-corrected chi connectivity index (χ0v) is 20.9. The summed E-state index contributed by atoms with van der Waals surface area (Å²) in [5.74, 6) is -0.889. The lowest BCUT2D eigenvalue weighted by atomic mass is 10.1. The Labute approximate surface area is 221 Å². The minimum atomic E-state index is -4.64. The second kappa shape index (κ2) is 12.2. The molecule has 0 heterocycles. The van der Waals surface area contributed by atoms with Crippen LogP contribution in [0, 0.1) is 18.3 Å². The summed E-state index contributed by atoms with van der Waals surface area (Å²) < 4.78 is 49.8. The minimum absolute atomic E-state index is 0.127. The Bertz CT molecular complexity index is 1410. The number of nitrogens with zero attached hydrogens (tertiary/aromatic N) is 1. The van der Waals surface area contributed by atoms with Gasteiger partial charge in [0.15, 0.2) is 18.1 Å². The number of rotatable bonds is 8. The number of amides is 2. The molecule has 0 unspecified atom stereocenters. The number of hydrogen-bond acceptors (Lipinski definition) is 5. The highest BCUT2D eigenvalue weighted by Gasteiger charge is 2.31. The third-order valence-corrected chi connectivity index (χ3v) is 5.43. The van der Waals surface area contributed by atoms with Gasteiger partial charge in [0, 0.05) is 5.69 Å². The van der Waals surface area contributed by atoms with Gasteiger partial charge >= 0.3 is 6.18 Å². The van der Waals surface area contributed by atoms with Crippen LogP contribution in [-0.4, -0.2) is 25.5 Å². The number of carbonyl (C=O) groups excluding carboxylic acids is 2. The van der Waals surface area contributed by atoms with Crippen molar-refractivity contribution in [2.24, 2.45) is 0 Å². The van der Waals surface area contributed by atoms with Crippen LogP contribution in [0.15, 0.2) is 66.2 Å². The van der Waals surface area contributed by atoms with Gasteiger partial charge in [-0.1, -0.05) is 35.4 Å². The smallest absolute Gasteiger partial charge is 0.416 e. The van der Waals surface area contributed by atoms with Crippen LogP contribution in [0.25, 0.3) is 6.08 Å². The molecule has 0 aliphatic heterocycles. The van der Waals surface area contributed by atoms with E-state index in [0.29, 0.717) is 17.3 Å². The second-order valence-corrected chi connectivity index (χ2v) is 8.34. The summed E-state index contributed by atoms with van der Waals surface area (Å²) in [6, 6.07) is 15.9. The van der Waals surface area contributed by atoms with E-state index in [4.69, 9.17) is 21.1 Å². The first kappa shape index (κ1) is 28.1. The fourth-order valence-corrected chi connectivity index (χ4v) is 3.34. The molecular weight excluding hydrogens is 523 g/mol. The maximum absolute atomic E-state index is 13.0. The standard InChI is InChI=1S/C27H21ClF3N3O4/c1-16-3-7-20(8-4-16)33-25(35)15-38-23-10-5-17(12-24(23)37-2)11-18(14-32)26(36)34-22-13-19(27(29,30)31)6-9-21(22)28/h3-13H,15H2,1-2H3,(H,33,35)(H,34,36). The molecule has 0 atom stereocenters. The van der Waals surface area contributed by atoms with Crippen molar-refractivity contribution in [2.75, 3.05) is 24.4 Å². The largest absolute Gasteiger partial charge is 0.493 e. The molecule has 0 saturated heterocycles. The van der Waals surface area contributed by atoms with E-state index in [1.54, 1.807) is 18.2 Å². The van der Waals surface area contributed by atoms with E-state index in [-0.39, 0.29) is 28.8 Å². The summed E-state index contributed by atoms with van der Waals surface area (Å²) in [6.07, 6.45) is -3.42. The number of alkyl halides is 3. The zero-order valence-electron chi connectivity index (χ0n) is 20.2. The lowest BCUT2D eigenvalue weighted by Crippen LogP contribution is -2.20. The van der Waals surface area contributed by atoms with Crippen molar-refractivity contribution in [2.45, 2.75) is 13.1 Å². The highest BCUT2D eigenvalue weighted by Crippen LogP contribution is 2.34. The molecule has 0 aromatic heterocycles. The molecule has 7 nitrogen and oxygen atoms in total. The minimum Gasteiger partial charge on any atom is -0.493 e. The Kier molecular flexibility index (Phi) is 8.99. The molecule has 3 rings (SSSR count). The Hall–Kier alpha value is -4.49. The van der Waals surface area contributed by atoms with Crippen LogP contribution in [0.1, 0.15) is 16.7 Å². The van der Waals surface area contributed by atoms with Crippen molar-refractivity contribution in [3.63, 3.8) is 0 Å². The molecule has 0 aliphatic rings. The molecule has 0 bridgehead atoms. The average Bonchev–Trinajstić information content (AvgIpc) is 2.88. The lowest BCUT2D eigenvalue weighted by Gasteiger charge is -2.12. The fraction of sp³-hybridized carbons (Fsp3) is 0.148. The normalized spacial score (nSPS) is 11.3. The number of carbonyl (C=O) groups is 2. The van der Waals surface area contributed by atoms with Gasteiger partial charge in [0.1, 0.15) is 11.6 Å². The van der Waals surface area contributed by atoms with E-state index >= 15 is 0 Å². The van der Waals surface area contributed by atoms with Crippen molar-refractivity contribution in [3.8, 4) is 17.6 Å². The van der Waals surface area contributed by atoms with E-state index in [9.17, 15) is 28.0 Å². The topological polar surface area (TPSA) is 100 Å². The molecule has 0 radical (unpaired) electrons. The predicted octanol–water partition coefficient (Wildman–Crippen LogP) is 6.24. The van der Waals surface area contributed by atoms with Crippen LogP contribution in [0.3, 0.4) is 0 Å². The highest BCUT2D eigenvalue weighted by molar-refractivity contribution is 6.34.